The van der Waals surface area contributed by atoms with E-state index in [2.05, 4.69) is 106 Å². The van der Waals surface area contributed by atoms with Gasteiger partial charge < -0.3 is 14.2 Å². The average Bonchev–Trinajstić information content (AvgIpc) is 3.29. The third-order valence-electron chi connectivity index (χ3n) is 11.1. The fraction of sp³-hybridized carbons (Fsp3) is 0.707. The minimum atomic E-state index is -0.800. The molecule has 0 radical (unpaired) electrons. The quantitative estimate of drug-likeness (QED) is 0.0262. The molecule has 0 saturated heterocycles. The maximum atomic E-state index is 12.8. The summed E-state index contributed by atoms with van der Waals surface area (Å²) in [5.41, 5.74) is 0. The van der Waals surface area contributed by atoms with Crippen LogP contribution in [0.4, 0.5) is 0 Å². The topological polar surface area (TPSA) is 78.9 Å². The molecular weight excluding hydrogens is 793 g/mol. The molecular formula is C58H98O6. The van der Waals surface area contributed by atoms with Crippen molar-refractivity contribution in [1.29, 1.82) is 0 Å². The Balaban J connectivity index is 4.47. The van der Waals surface area contributed by atoms with Gasteiger partial charge in [-0.05, 0) is 122 Å². The lowest BCUT2D eigenvalue weighted by molar-refractivity contribution is -0.167. The van der Waals surface area contributed by atoms with E-state index in [4.69, 9.17) is 14.2 Å². The maximum absolute atomic E-state index is 12.8. The third-order valence-corrected chi connectivity index (χ3v) is 11.1. The molecule has 0 bridgehead atoms. The average molecular weight is 891 g/mol. The van der Waals surface area contributed by atoms with Crippen molar-refractivity contribution in [2.45, 2.75) is 252 Å². The first-order valence-electron chi connectivity index (χ1n) is 26.6. The molecule has 0 unspecified atom stereocenters. The van der Waals surface area contributed by atoms with Crippen LogP contribution in [-0.2, 0) is 28.6 Å². The Bertz CT molecular complexity index is 1250. The Labute approximate surface area is 395 Å². The van der Waals surface area contributed by atoms with E-state index in [0.29, 0.717) is 19.3 Å². The number of allylic oxidation sites excluding steroid dienone is 14. The van der Waals surface area contributed by atoms with Crippen molar-refractivity contribution in [3.05, 3.63) is 85.1 Å². The number of hydrogen-bond acceptors (Lipinski definition) is 6. The van der Waals surface area contributed by atoms with Gasteiger partial charge in [0, 0.05) is 19.3 Å². The largest absolute Gasteiger partial charge is 0.462 e. The van der Waals surface area contributed by atoms with E-state index >= 15 is 0 Å². The molecule has 6 heteroatoms. The lowest BCUT2D eigenvalue weighted by atomic mass is 10.1. The van der Waals surface area contributed by atoms with Crippen molar-refractivity contribution in [3.8, 4) is 0 Å². The van der Waals surface area contributed by atoms with Crippen LogP contribution in [0, 0.1) is 0 Å². The van der Waals surface area contributed by atoms with Gasteiger partial charge in [-0.15, -0.1) is 0 Å². The van der Waals surface area contributed by atoms with E-state index in [9.17, 15) is 14.4 Å². The predicted molar refractivity (Wildman–Crippen MR) is 274 cm³/mol. The van der Waals surface area contributed by atoms with E-state index in [0.717, 1.165) is 122 Å². The molecule has 0 aliphatic rings. The molecule has 64 heavy (non-hydrogen) atoms. The summed E-state index contributed by atoms with van der Waals surface area (Å²) < 4.78 is 16.8. The van der Waals surface area contributed by atoms with E-state index in [1.54, 1.807) is 0 Å². The van der Waals surface area contributed by atoms with E-state index in [1.165, 1.54) is 83.5 Å². The maximum Gasteiger partial charge on any atom is 0.306 e. The third kappa shape index (κ3) is 49.6. The Morgan fingerprint density at radius 2 is 0.562 bits per heavy atom. The van der Waals surface area contributed by atoms with Crippen LogP contribution in [0.3, 0.4) is 0 Å². The molecule has 0 aliphatic heterocycles. The van der Waals surface area contributed by atoms with E-state index < -0.39 is 6.10 Å². The molecule has 0 aromatic carbocycles. The first kappa shape index (κ1) is 60.6. The lowest BCUT2D eigenvalue weighted by Gasteiger charge is -2.18. The molecule has 6 nitrogen and oxygen atoms in total. The molecule has 0 heterocycles. The molecule has 1 atom stereocenters. The summed E-state index contributed by atoms with van der Waals surface area (Å²) in [7, 11) is 0. The summed E-state index contributed by atoms with van der Waals surface area (Å²) >= 11 is 0. The van der Waals surface area contributed by atoms with Crippen molar-refractivity contribution in [2.24, 2.45) is 0 Å². The zero-order valence-corrected chi connectivity index (χ0v) is 41.8. The number of carbonyl (C=O) groups is 3. The fourth-order valence-electron chi connectivity index (χ4n) is 7.04. The molecule has 366 valence electrons. The van der Waals surface area contributed by atoms with Crippen molar-refractivity contribution < 1.29 is 28.6 Å². The molecule has 0 aromatic heterocycles. The summed E-state index contributed by atoms with van der Waals surface area (Å²) in [4.78, 5) is 38.0. The highest BCUT2D eigenvalue weighted by molar-refractivity contribution is 5.71. The van der Waals surface area contributed by atoms with Gasteiger partial charge in [0.2, 0.25) is 0 Å². The van der Waals surface area contributed by atoms with Gasteiger partial charge in [0.1, 0.15) is 13.2 Å². The summed E-state index contributed by atoms with van der Waals surface area (Å²) in [6, 6.07) is 0. The monoisotopic (exact) mass is 891 g/mol. The predicted octanol–water partition coefficient (Wildman–Crippen LogP) is 17.6. The van der Waals surface area contributed by atoms with Gasteiger partial charge in [-0.2, -0.15) is 0 Å². The molecule has 0 N–H and O–H groups in total. The Kier molecular flexibility index (Phi) is 49.4. The standard InChI is InChI=1S/C58H98O6/c1-4-7-10-13-16-19-22-25-27-28-29-30-32-33-36-39-42-45-48-51-57(60)63-54-55(53-62-56(59)50-47-44-41-38-35-24-21-18-15-12-9-6-3)64-58(61)52-49-46-43-40-37-34-31-26-23-20-17-14-11-8-5-2/h16-21,25-27,29-31,33,36,55H,4-15,22-24,28,32,34-35,37-54H2,1-3H3/b19-16-,20-17-,21-18-,27-25-,30-29-,31-26-,36-33-/t55-/m1/s1. The zero-order chi connectivity index (χ0) is 46.5. The van der Waals surface area contributed by atoms with Crippen LogP contribution in [0.5, 0.6) is 0 Å². The lowest BCUT2D eigenvalue weighted by Crippen LogP contribution is -2.30. The summed E-state index contributed by atoms with van der Waals surface area (Å²) in [6.45, 7) is 6.51. The van der Waals surface area contributed by atoms with Gasteiger partial charge >= 0.3 is 17.9 Å². The van der Waals surface area contributed by atoms with Crippen LogP contribution in [0.2, 0.25) is 0 Å². The van der Waals surface area contributed by atoms with Crippen LogP contribution in [0.1, 0.15) is 245 Å². The van der Waals surface area contributed by atoms with Crippen LogP contribution in [-0.4, -0.2) is 37.2 Å². The highest BCUT2D eigenvalue weighted by Gasteiger charge is 2.19. The number of ether oxygens (including phenoxy) is 3. The van der Waals surface area contributed by atoms with E-state index in [1.807, 2.05) is 0 Å². The van der Waals surface area contributed by atoms with E-state index in [-0.39, 0.29) is 31.1 Å². The number of esters is 3. The highest BCUT2D eigenvalue weighted by atomic mass is 16.6. The summed E-state index contributed by atoms with van der Waals surface area (Å²) in [6.07, 6.45) is 67.0. The minimum absolute atomic E-state index is 0.0975. The fourth-order valence-corrected chi connectivity index (χ4v) is 7.04. The van der Waals surface area contributed by atoms with Crippen molar-refractivity contribution in [2.75, 3.05) is 13.2 Å². The van der Waals surface area contributed by atoms with Gasteiger partial charge in [-0.1, -0.05) is 189 Å². The number of carbonyl (C=O) groups excluding carboxylic acids is 3. The van der Waals surface area contributed by atoms with Crippen molar-refractivity contribution in [1.82, 2.24) is 0 Å². The summed E-state index contributed by atoms with van der Waals surface area (Å²) in [5.74, 6) is -0.952. The number of hydrogen-bond donors (Lipinski definition) is 0. The Morgan fingerprint density at radius 1 is 0.312 bits per heavy atom. The Morgan fingerprint density at radius 3 is 0.906 bits per heavy atom. The molecule has 0 rings (SSSR count). The first-order chi connectivity index (χ1) is 31.5. The molecule has 0 aliphatic carbocycles. The summed E-state index contributed by atoms with van der Waals surface area (Å²) in [5, 5.41) is 0. The number of unbranched alkanes of at least 4 members (excludes halogenated alkanes) is 22. The molecule has 0 spiro atoms. The van der Waals surface area contributed by atoms with Gasteiger partial charge in [0.15, 0.2) is 6.10 Å². The molecule has 0 amide bonds. The second-order valence-electron chi connectivity index (χ2n) is 17.4. The van der Waals surface area contributed by atoms with Gasteiger partial charge in [-0.3, -0.25) is 14.4 Å². The molecule has 0 fully saturated rings. The molecule has 0 saturated carbocycles. The van der Waals surface area contributed by atoms with Gasteiger partial charge in [0.25, 0.3) is 0 Å². The highest BCUT2D eigenvalue weighted by Crippen LogP contribution is 2.13. The van der Waals surface area contributed by atoms with Gasteiger partial charge in [0.05, 0.1) is 0 Å². The van der Waals surface area contributed by atoms with Crippen LogP contribution in [0.15, 0.2) is 85.1 Å². The second kappa shape index (κ2) is 52.2. The van der Waals surface area contributed by atoms with Crippen LogP contribution >= 0.6 is 0 Å². The zero-order valence-electron chi connectivity index (χ0n) is 41.8. The van der Waals surface area contributed by atoms with Crippen molar-refractivity contribution >= 4 is 17.9 Å². The van der Waals surface area contributed by atoms with Crippen LogP contribution in [0.25, 0.3) is 0 Å². The smallest absolute Gasteiger partial charge is 0.306 e. The normalized spacial score (nSPS) is 12.7. The second-order valence-corrected chi connectivity index (χ2v) is 17.4. The first-order valence-corrected chi connectivity index (χ1v) is 26.6. The Hall–Kier alpha value is -3.41. The SMILES string of the molecule is CCCCC/C=C\C/C=C\C/C=C\C/C=C\CCCCCC(=O)OC[C@@H](COC(=O)CCCCCCC/C=C\CCCCC)OC(=O)CCCCCCC/C=C\C/C=C\CCCCC. The van der Waals surface area contributed by atoms with Crippen molar-refractivity contribution in [3.63, 3.8) is 0 Å². The molecule has 0 aromatic rings. The van der Waals surface area contributed by atoms with Gasteiger partial charge in [-0.25, -0.2) is 0 Å². The minimum Gasteiger partial charge on any atom is -0.462 e. The van der Waals surface area contributed by atoms with Crippen LogP contribution < -0.4 is 0 Å². The number of rotatable bonds is 47.